The minimum atomic E-state index is -0.182. The molecule has 4 heteroatoms. The third-order valence-electron chi connectivity index (χ3n) is 4.46. The van der Waals surface area contributed by atoms with Crippen molar-refractivity contribution in [2.75, 3.05) is 5.32 Å². The first kappa shape index (κ1) is 18.1. The highest BCUT2D eigenvalue weighted by Gasteiger charge is 2.08. The van der Waals surface area contributed by atoms with Gasteiger partial charge in [-0.1, -0.05) is 66.2 Å². The smallest absolute Gasteiger partial charge is 0.255 e. The van der Waals surface area contributed by atoms with Gasteiger partial charge in [0.2, 0.25) is 0 Å². The van der Waals surface area contributed by atoms with Gasteiger partial charge in [0, 0.05) is 21.8 Å². The Bertz CT molecular complexity index is 1140. The minimum Gasteiger partial charge on any atom is -0.489 e. The highest BCUT2D eigenvalue weighted by atomic mass is 35.5. The zero-order valence-electron chi connectivity index (χ0n) is 15.1. The molecule has 0 atom stereocenters. The molecule has 0 saturated heterocycles. The molecular weight excluding hydrogens is 370 g/mol. The Morgan fingerprint density at radius 2 is 1.61 bits per heavy atom. The molecule has 4 aromatic carbocycles. The summed E-state index contributed by atoms with van der Waals surface area (Å²) in [6.45, 7) is 0.343. The Labute approximate surface area is 168 Å². The molecule has 0 heterocycles. The predicted octanol–water partition coefficient (Wildman–Crippen LogP) is 6.32. The predicted molar refractivity (Wildman–Crippen MR) is 114 cm³/mol. The lowest BCUT2D eigenvalue weighted by atomic mass is 10.1. The van der Waals surface area contributed by atoms with Gasteiger partial charge in [-0.3, -0.25) is 4.79 Å². The summed E-state index contributed by atoms with van der Waals surface area (Å²) < 4.78 is 5.81. The zero-order valence-corrected chi connectivity index (χ0v) is 15.8. The van der Waals surface area contributed by atoms with Crippen LogP contribution in [0.4, 0.5) is 5.69 Å². The molecule has 0 saturated carbocycles. The lowest BCUT2D eigenvalue weighted by Gasteiger charge is -2.10. The fourth-order valence-corrected chi connectivity index (χ4v) is 3.16. The van der Waals surface area contributed by atoms with Crippen LogP contribution in [-0.4, -0.2) is 5.91 Å². The molecule has 0 aliphatic carbocycles. The minimum absolute atomic E-state index is 0.182. The summed E-state index contributed by atoms with van der Waals surface area (Å²) in [7, 11) is 0. The van der Waals surface area contributed by atoms with E-state index in [1.54, 1.807) is 18.2 Å². The number of fused-ring (bicyclic) bond motifs is 1. The van der Waals surface area contributed by atoms with E-state index in [0.29, 0.717) is 22.9 Å². The number of anilines is 1. The van der Waals surface area contributed by atoms with E-state index in [-0.39, 0.29) is 5.91 Å². The van der Waals surface area contributed by atoms with Gasteiger partial charge in [0.1, 0.15) is 12.4 Å². The van der Waals surface area contributed by atoms with Crippen LogP contribution in [0.15, 0.2) is 91.0 Å². The van der Waals surface area contributed by atoms with E-state index in [9.17, 15) is 4.79 Å². The summed E-state index contributed by atoms with van der Waals surface area (Å²) in [5.41, 5.74) is 2.19. The largest absolute Gasteiger partial charge is 0.489 e. The fourth-order valence-electron chi connectivity index (χ4n) is 2.97. The molecule has 1 amide bonds. The molecular formula is C24H18ClNO2. The summed E-state index contributed by atoms with van der Waals surface area (Å²) in [6, 6.07) is 28.6. The maximum Gasteiger partial charge on any atom is 0.255 e. The van der Waals surface area contributed by atoms with Crippen molar-refractivity contribution >= 4 is 34.0 Å². The molecule has 138 valence electrons. The number of hydrogen-bond donors (Lipinski definition) is 1. The molecule has 0 fully saturated rings. The van der Waals surface area contributed by atoms with E-state index in [1.165, 1.54) is 0 Å². The zero-order chi connectivity index (χ0) is 19.3. The van der Waals surface area contributed by atoms with Crippen LogP contribution in [-0.2, 0) is 6.61 Å². The number of hydrogen-bond acceptors (Lipinski definition) is 2. The van der Waals surface area contributed by atoms with Crippen LogP contribution in [0.3, 0.4) is 0 Å². The second kappa shape index (κ2) is 8.15. The normalized spacial score (nSPS) is 10.6. The summed E-state index contributed by atoms with van der Waals surface area (Å²) in [6.07, 6.45) is 0. The maximum atomic E-state index is 12.6. The molecule has 4 aromatic rings. The standard InChI is InChI=1S/C24H18ClNO2/c25-23-11-4-3-8-20(23)16-28-22-10-5-9-19(15-22)24(27)26-21-13-12-17-6-1-2-7-18(17)14-21/h1-15H,16H2,(H,26,27). The maximum absolute atomic E-state index is 12.6. The number of nitrogens with one attached hydrogen (secondary N) is 1. The topological polar surface area (TPSA) is 38.3 Å². The summed E-state index contributed by atoms with van der Waals surface area (Å²) in [4.78, 5) is 12.6. The number of rotatable bonds is 5. The molecule has 4 rings (SSSR count). The van der Waals surface area contributed by atoms with Gasteiger partial charge < -0.3 is 10.1 Å². The molecule has 1 N–H and O–H groups in total. The third kappa shape index (κ3) is 4.16. The van der Waals surface area contributed by atoms with Gasteiger partial charge in [-0.15, -0.1) is 0 Å². The summed E-state index contributed by atoms with van der Waals surface area (Å²) >= 11 is 6.16. The Morgan fingerprint density at radius 1 is 0.821 bits per heavy atom. The summed E-state index contributed by atoms with van der Waals surface area (Å²) in [5.74, 6) is 0.435. The van der Waals surface area contributed by atoms with Gasteiger partial charge in [0.25, 0.3) is 5.91 Å². The van der Waals surface area contributed by atoms with Crippen LogP contribution in [0.5, 0.6) is 5.75 Å². The SMILES string of the molecule is O=C(Nc1ccc2ccccc2c1)c1cccc(OCc2ccccc2Cl)c1. The molecule has 0 aliphatic rings. The van der Waals surface area contributed by atoms with Gasteiger partial charge in [-0.2, -0.15) is 0 Å². The Balaban J connectivity index is 1.47. The van der Waals surface area contributed by atoms with Gasteiger partial charge in [0.05, 0.1) is 0 Å². The lowest BCUT2D eigenvalue weighted by Crippen LogP contribution is -2.12. The van der Waals surface area contributed by atoms with Crippen molar-refractivity contribution in [3.63, 3.8) is 0 Å². The number of carbonyl (C=O) groups excluding carboxylic acids is 1. The molecule has 28 heavy (non-hydrogen) atoms. The highest BCUT2D eigenvalue weighted by Crippen LogP contribution is 2.22. The fraction of sp³-hybridized carbons (Fsp3) is 0.0417. The van der Waals surface area contributed by atoms with E-state index in [2.05, 4.69) is 5.32 Å². The van der Waals surface area contributed by atoms with Crippen LogP contribution < -0.4 is 10.1 Å². The van der Waals surface area contributed by atoms with Crippen molar-refractivity contribution in [3.05, 3.63) is 107 Å². The molecule has 0 radical (unpaired) electrons. The first-order chi connectivity index (χ1) is 13.7. The number of ether oxygens (including phenoxy) is 1. The van der Waals surface area contributed by atoms with Crippen molar-refractivity contribution in [1.29, 1.82) is 0 Å². The van der Waals surface area contributed by atoms with E-state index in [4.69, 9.17) is 16.3 Å². The molecule has 3 nitrogen and oxygen atoms in total. The molecule has 0 unspecified atom stereocenters. The average molecular weight is 388 g/mol. The lowest BCUT2D eigenvalue weighted by molar-refractivity contribution is 0.102. The van der Waals surface area contributed by atoms with Crippen molar-refractivity contribution in [2.45, 2.75) is 6.61 Å². The van der Waals surface area contributed by atoms with Gasteiger partial charge in [-0.25, -0.2) is 0 Å². The van der Waals surface area contributed by atoms with Crippen LogP contribution in [0.1, 0.15) is 15.9 Å². The van der Waals surface area contributed by atoms with Crippen LogP contribution in [0.25, 0.3) is 10.8 Å². The molecule has 0 aromatic heterocycles. The van der Waals surface area contributed by atoms with Crippen molar-refractivity contribution in [1.82, 2.24) is 0 Å². The van der Waals surface area contributed by atoms with Gasteiger partial charge in [-0.05, 0) is 47.2 Å². The molecule has 0 aliphatic heterocycles. The third-order valence-corrected chi connectivity index (χ3v) is 4.82. The van der Waals surface area contributed by atoms with Crippen molar-refractivity contribution in [2.24, 2.45) is 0 Å². The van der Waals surface area contributed by atoms with Crippen molar-refractivity contribution in [3.8, 4) is 5.75 Å². The van der Waals surface area contributed by atoms with E-state index >= 15 is 0 Å². The second-order valence-corrected chi connectivity index (χ2v) is 6.83. The van der Waals surface area contributed by atoms with E-state index < -0.39 is 0 Å². The van der Waals surface area contributed by atoms with Crippen LogP contribution in [0.2, 0.25) is 5.02 Å². The Hall–Kier alpha value is -3.30. The molecule has 0 spiro atoms. The number of benzene rings is 4. The molecule has 0 bridgehead atoms. The number of amides is 1. The first-order valence-corrected chi connectivity index (χ1v) is 9.33. The van der Waals surface area contributed by atoms with E-state index in [1.807, 2.05) is 72.8 Å². The second-order valence-electron chi connectivity index (χ2n) is 6.42. The monoisotopic (exact) mass is 387 g/mol. The van der Waals surface area contributed by atoms with E-state index in [0.717, 1.165) is 22.0 Å². The van der Waals surface area contributed by atoms with Gasteiger partial charge in [0.15, 0.2) is 0 Å². The average Bonchev–Trinajstić information content (AvgIpc) is 2.73. The summed E-state index contributed by atoms with van der Waals surface area (Å²) in [5, 5.41) is 5.82. The van der Waals surface area contributed by atoms with Crippen LogP contribution >= 0.6 is 11.6 Å². The highest BCUT2D eigenvalue weighted by molar-refractivity contribution is 6.31. The van der Waals surface area contributed by atoms with Gasteiger partial charge >= 0.3 is 0 Å². The quantitative estimate of drug-likeness (QED) is 0.435. The Kier molecular flexibility index (Phi) is 5.27. The first-order valence-electron chi connectivity index (χ1n) is 8.95. The number of carbonyl (C=O) groups is 1. The van der Waals surface area contributed by atoms with Crippen molar-refractivity contribution < 1.29 is 9.53 Å². The van der Waals surface area contributed by atoms with Crippen LogP contribution in [0, 0.1) is 0 Å². The Morgan fingerprint density at radius 3 is 2.46 bits per heavy atom. The number of halogens is 1.